The smallest absolute Gasteiger partial charge is 0.0538 e. The van der Waals surface area contributed by atoms with Crippen molar-refractivity contribution in [1.29, 1.82) is 0 Å². The first-order valence-corrected chi connectivity index (χ1v) is 7.73. The topological polar surface area (TPSA) is 24.9 Å². The van der Waals surface area contributed by atoms with Crippen molar-refractivity contribution >= 4 is 21.6 Å². The molecule has 0 unspecified atom stereocenters. The van der Waals surface area contributed by atoms with Gasteiger partial charge in [0, 0.05) is 17.2 Å². The van der Waals surface area contributed by atoms with Crippen molar-refractivity contribution in [2.75, 3.05) is 11.9 Å². The Morgan fingerprint density at radius 1 is 1.33 bits per heavy atom. The van der Waals surface area contributed by atoms with Crippen LogP contribution in [0.3, 0.4) is 0 Å². The fraction of sp³-hybridized carbons (Fsp3) is 0.667. The molecule has 0 aliphatic heterocycles. The zero-order valence-electron chi connectivity index (χ0n) is 11.4. The zero-order valence-corrected chi connectivity index (χ0v) is 13.0. The highest BCUT2D eigenvalue weighted by molar-refractivity contribution is 9.10. The summed E-state index contributed by atoms with van der Waals surface area (Å²) in [6, 6.07) is 2.10. The number of rotatable bonds is 5. The molecule has 1 heterocycles. The SMILES string of the molecule is CC(C)CC1(CNc2cncc(Br)c2)CCCC1. The number of hydrogen-bond donors (Lipinski definition) is 1. The van der Waals surface area contributed by atoms with Gasteiger partial charge in [0.05, 0.1) is 11.9 Å². The van der Waals surface area contributed by atoms with Gasteiger partial charge in [-0.05, 0) is 52.6 Å². The van der Waals surface area contributed by atoms with Crippen LogP contribution in [0, 0.1) is 11.3 Å². The lowest BCUT2D eigenvalue weighted by Crippen LogP contribution is -2.28. The summed E-state index contributed by atoms with van der Waals surface area (Å²) in [5.74, 6) is 0.783. The summed E-state index contributed by atoms with van der Waals surface area (Å²) in [6.45, 7) is 5.75. The Balaban J connectivity index is 1.97. The van der Waals surface area contributed by atoms with Gasteiger partial charge >= 0.3 is 0 Å². The Hall–Kier alpha value is -0.570. The van der Waals surface area contributed by atoms with Crippen molar-refractivity contribution in [3.8, 4) is 0 Å². The van der Waals surface area contributed by atoms with E-state index in [9.17, 15) is 0 Å². The van der Waals surface area contributed by atoms with Gasteiger partial charge in [-0.1, -0.05) is 26.7 Å². The summed E-state index contributed by atoms with van der Waals surface area (Å²) in [5, 5.41) is 3.58. The van der Waals surface area contributed by atoms with Crippen molar-refractivity contribution < 1.29 is 0 Å². The van der Waals surface area contributed by atoms with Crippen molar-refractivity contribution in [3.05, 3.63) is 22.9 Å². The molecule has 3 heteroatoms. The average Bonchev–Trinajstić information content (AvgIpc) is 2.75. The number of hydrogen-bond acceptors (Lipinski definition) is 2. The molecular formula is C15H23BrN2. The van der Waals surface area contributed by atoms with E-state index in [1.165, 1.54) is 32.1 Å². The van der Waals surface area contributed by atoms with E-state index in [1.807, 2.05) is 12.4 Å². The molecule has 2 nitrogen and oxygen atoms in total. The first-order chi connectivity index (χ1) is 8.60. The third-order valence-corrected chi connectivity index (χ3v) is 4.31. The fourth-order valence-corrected chi connectivity index (χ4v) is 3.61. The van der Waals surface area contributed by atoms with Crippen LogP contribution in [0.2, 0.25) is 0 Å². The summed E-state index contributed by atoms with van der Waals surface area (Å²) in [4.78, 5) is 4.20. The standard InChI is InChI=1S/C15H23BrN2/c1-12(2)8-15(5-3-4-6-15)11-18-14-7-13(16)9-17-10-14/h7,9-10,12,18H,3-6,8,11H2,1-2H3. The van der Waals surface area contributed by atoms with Crippen LogP contribution < -0.4 is 5.32 Å². The second-order valence-corrected chi connectivity index (χ2v) is 6.97. The Bertz CT molecular complexity index is 384. The zero-order chi connectivity index (χ0) is 13.0. The molecule has 0 spiro atoms. The van der Waals surface area contributed by atoms with Gasteiger partial charge < -0.3 is 5.32 Å². The molecule has 1 aliphatic rings. The van der Waals surface area contributed by atoms with E-state index in [1.54, 1.807) is 0 Å². The van der Waals surface area contributed by atoms with Crippen molar-refractivity contribution in [2.45, 2.75) is 46.0 Å². The summed E-state index contributed by atoms with van der Waals surface area (Å²) < 4.78 is 1.04. The highest BCUT2D eigenvalue weighted by Gasteiger charge is 2.34. The maximum atomic E-state index is 4.20. The lowest BCUT2D eigenvalue weighted by atomic mass is 9.78. The Labute approximate surface area is 119 Å². The van der Waals surface area contributed by atoms with Gasteiger partial charge in [-0.2, -0.15) is 0 Å². The van der Waals surface area contributed by atoms with Crippen molar-refractivity contribution in [3.63, 3.8) is 0 Å². The molecule has 2 rings (SSSR count). The highest BCUT2D eigenvalue weighted by atomic mass is 79.9. The van der Waals surface area contributed by atoms with Crippen LogP contribution in [0.4, 0.5) is 5.69 Å². The molecule has 0 saturated heterocycles. The van der Waals surface area contributed by atoms with Crippen LogP contribution in [-0.4, -0.2) is 11.5 Å². The van der Waals surface area contributed by atoms with E-state index in [0.717, 1.165) is 22.6 Å². The van der Waals surface area contributed by atoms with E-state index in [4.69, 9.17) is 0 Å². The van der Waals surface area contributed by atoms with Crippen LogP contribution in [0.25, 0.3) is 0 Å². The third-order valence-electron chi connectivity index (χ3n) is 3.88. The second kappa shape index (κ2) is 6.05. The predicted molar refractivity (Wildman–Crippen MR) is 80.8 cm³/mol. The van der Waals surface area contributed by atoms with Gasteiger partial charge in [-0.25, -0.2) is 0 Å². The van der Waals surface area contributed by atoms with Crippen LogP contribution in [0.15, 0.2) is 22.9 Å². The van der Waals surface area contributed by atoms with Crippen LogP contribution >= 0.6 is 15.9 Å². The van der Waals surface area contributed by atoms with Crippen LogP contribution in [0.1, 0.15) is 46.0 Å². The molecule has 0 aromatic carbocycles. The largest absolute Gasteiger partial charge is 0.383 e. The lowest BCUT2D eigenvalue weighted by Gasteiger charge is -2.31. The molecule has 1 aromatic heterocycles. The van der Waals surface area contributed by atoms with Gasteiger partial charge in [0.1, 0.15) is 0 Å². The van der Waals surface area contributed by atoms with E-state index in [2.05, 4.69) is 46.1 Å². The van der Waals surface area contributed by atoms with Gasteiger partial charge in [0.2, 0.25) is 0 Å². The molecule has 0 atom stereocenters. The lowest BCUT2D eigenvalue weighted by molar-refractivity contribution is 0.252. The van der Waals surface area contributed by atoms with Crippen LogP contribution in [0.5, 0.6) is 0 Å². The normalized spacial score (nSPS) is 18.2. The Morgan fingerprint density at radius 2 is 2.06 bits per heavy atom. The molecule has 1 fully saturated rings. The third kappa shape index (κ3) is 3.71. The predicted octanol–water partition coefficient (Wildman–Crippen LogP) is 4.86. The molecule has 0 radical (unpaired) electrons. The minimum absolute atomic E-state index is 0.510. The number of nitrogens with one attached hydrogen (secondary N) is 1. The van der Waals surface area contributed by atoms with Gasteiger partial charge in [0.25, 0.3) is 0 Å². The van der Waals surface area contributed by atoms with Crippen LogP contribution in [-0.2, 0) is 0 Å². The summed E-state index contributed by atoms with van der Waals surface area (Å²) >= 11 is 3.47. The maximum absolute atomic E-state index is 4.20. The monoisotopic (exact) mass is 310 g/mol. The molecule has 1 saturated carbocycles. The number of aromatic nitrogens is 1. The first kappa shape index (κ1) is 13.9. The second-order valence-electron chi connectivity index (χ2n) is 6.05. The van der Waals surface area contributed by atoms with Crippen molar-refractivity contribution in [1.82, 2.24) is 4.98 Å². The molecule has 100 valence electrons. The molecule has 0 amide bonds. The average molecular weight is 311 g/mol. The van der Waals surface area contributed by atoms with Gasteiger partial charge in [-0.15, -0.1) is 0 Å². The molecule has 0 bridgehead atoms. The van der Waals surface area contributed by atoms with Gasteiger partial charge in [0.15, 0.2) is 0 Å². The molecule has 1 aliphatic carbocycles. The van der Waals surface area contributed by atoms with Gasteiger partial charge in [-0.3, -0.25) is 4.98 Å². The summed E-state index contributed by atoms with van der Waals surface area (Å²) in [7, 11) is 0. The highest BCUT2D eigenvalue weighted by Crippen LogP contribution is 2.43. The van der Waals surface area contributed by atoms with E-state index in [-0.39, 0.29) is 0 Å². The Morgan fingerprint density at radius 3 is 2.67 bits per heavy atom. The fourth-order valence-electron chi connectivity index (χ4n) is 3.24. The molecule has 18 heavy (non-hydrogen) atoms. The minimum atomic E-state index is 0.510. The van der Waals surface area contributed by atoms with E-state index >= 15 is 0 Å². The Kier molecular flexibility index (Phi) is 4.66. The number of halogens is 1. The maximum Gasteiger partial charge on any atom is 0.0538 e. The quantitative estimate of drug-likeness (QED) is 0.840. The van der Waals surface area contributed by atoms with Crippen molar-refractivity contribution in [2.24, 2.45) is 11.3 Å². The number of pyridine rings is 1. The first-order valence-electron chi connectivity index (χ1n) is 6.94. The number of nitrogens with zero attached hydrogens (tertiary/aromatic N) is 1. The number of anilines is 1. The summed E-state index contributed by atoms with van der Waals surface area (Å²) in [5.41, 5.74) is 1.63. The van der Waals surface area contributed by atoms with E-state index in [0.29, 0.717) is 5.41 Å². The van der Waals surface area contributed by atoms with E-state index < -0.39 is 0 Å². The molecule has 1 N–H and O–H groups in total. The minimum Gasteiger partial charge on any atom is -0.383 e. The molecule has 1 aromatic rings. The molecular weight excluding hydrogens is 288 g/mol. The summed E-state index contributed by atoms with van der Waals surface area (Å²) in [6.07, 6.45) is 10.6.